The highest BCUT2D eigenvalue weighted by Crippen LogP contribution is 2.28. The van der Waals surface area contributed by atoms with Gasteiger partial charge in [0.1, 0.15) is 6.04 Å². The zero-order valence-electron chi connectivity index (χ0n) is 18.9. The lowest BCUT2D eigenvalue weighted by molar-refractivity contribution is -0.136. The first kappa shape index (κ1) is 21.9. The number of piperazine rings is 2. The molecular weight excluding hydrogens is 392 g/mol. The zero-order chi connectivity index (χ0) is 21.8. The van der Waals surface area contributed by atoms with Gasteiger partial charge in [0.15, 0.2) is 0 Å². The van der Waals surface area contributed by atoms with E-state index in [0.717, 1.165) is 83.1 Å². The van der Waals surface area contributed by atoms with E-state index in [1.165, 1.54) is 0 Å². The Morgan fingerprint density at radius 1 is 0.968 bits per heavy atom. The lowest BCUT2D eigenvalue weighted by atomic mass is 10.1. The minimum atomic E-state index is -0.344. The van der Waals surface area contributed by atoms with Crippen molar-refractivity contribution in [2.24, 2.45) is 0 Å². The molecule has 4 rings (SSSR count). The number of likely N-dealkylation sites (N-methyl/N-ethyl adjacent to an activating group) is 2. The Hall–Kier alpha value is -2.32. The number of hydrogen-bond acceptors (Lipinski definition) is 5. The van der Waals surface area contributed by atoms with E-state index in [4.69, 9.17) is 0 Å². The van der Waals surface area contributed by atoms with Crippen LogP contribution < -0.4 is 10.2 Å². The predicted octanol–water partition coefficient (Wildman–Crippen LogP) is 1.60. The zero-order valence-corrected chi connectivity index (χ0v) is 18.9. The number of urea groups is 1. The largest absolute Gasteiger partial charge is 0.367 e. The quantitative estimate of drug-likeness (QED) is 0.789. The second-order valence-corrected chi connectivity index (χ2v) is 8.85. The monoisotopic (exact) mass is 428 g/mol. The third-order valence-corrected chi connectivity index (χ3v) is 6.92. The van der Waals surface area contributed by atoms with E-state index < -0.39 is 0 Å². The molecular formula is C23H36N6O2. The van der Waals surface area contributed by atoms with Crippen LogP contribution in [-0.4, -0.2) is 110 Å². The fourth-order valence-corrected chi connectivity index (χ4v) is 4.85. The fraction of sp³-hybridized carbons (Fsp3) is 0.652. The van der Waals surface area contributed by atoms with Gasteiger partial charge in [-0.2, -0.15) is 0 Å². The molecule has 1 aromatic carbocycles. The predicted molar refractivity (Wildman–Crippen MR) is 124 cm³/mol. The van der Waals surface area contributed by atoms with Crippen LogP contribution in [0.15, 0.2) is 24.3 Å². The van der Waals surface area contributed by atoms with Gasteiger partial charge in [-0.05, 0) is 38.6 Å². The molecule has 0 bridgehead atoms. The molecule has 1 aromatic rings. The van der Waals surface area contributed by atoms with Crippen LogP contribution in [0, 0.1) is 0 Å². The minimum absolute atomic E-state index is 0.102. The highest BCUT2D eigenvalue weighted by Gasteiger charge is 2.37. The molecule has 8 nitrogen and oxygen atoms in total. The number of anilines is 2. The maximum absolute atomic E-state index is 13.2. The number of amides is 3. The molecule has 1 atom stereocenters. The third-order valence-electron chi connectivity index (χ3n) is 6.92. The standard InChI is InChI=1S/C23H36N6O2/c1-3-26-13-17-27(18-14-26)20-8-5-4-7-19(20)24-23(31)29-10-6-9-21(29)22(30)28-15-11-25(2)12-16-28/h4-5,7-8,21H,3,6,9-18H2,1-2H3,(H,24,31). The number of nitrogens with zero attached hydrogens (tertiary/aromatic N) is 5. The van der Waals surface area contributed by atoms with Gasteiger partial charge in [0.05, 0.1) is 11.4 Å². The van der Waals surface area contributed by atoms with Crippen molar-refractivity contribution in [1.29, 1.82) is 0 Å². The summed E-state index contributed by atoms with van der Waals surface area (Å²) in [5.41, 5.74) is 1.89. The molecule has 170 valence electrons. The Labute approximate surface area is 185 Å². The van der Waals surface area contributed by atoms with Gasteiger partial charge in [-0.3, -0.25) is 4.79 Å². The maximum atomic E-state index is 13.2. The van der Waals surface area contributed by atoms with Crippen LogP contribution in [0.25, 0.3) is 0 Å². The number of carbonyl (C=O) groups is 2. The second kappa shape index (κ2) is 9.87. The van der Waals surface area contributed by atoms with E-state index in [1.807, 2.05) is 23.1 Å². The SMILES string of the molecule is CCN1CCN(c2ccccc2NC(=O)N2CCCC2C(=O)N2CCN(C)CC2)CC1. The van der Waals surface area contributed by atoms with Crippen LogP contribution in [0.2, 0.25) is 0 Å². The van der Waals surface area contributed by atoms with Crippen molar-refractivity contribution in [3.63, 3.8) is 0 Å². The van der Waals surface area contributed by atoms with E-state index in [0.29, 0.717) is 6.54 Å². The molecule has 3 amide bonds. The Morgan fingerprint density at radius 3 is 2.39 bits per heavy atom. The number of likely N-dealkylation sites (tertiary alicyclic amines) is 1. The smallest absolute Gasteiger partial charge is 0.322 e. The molecule has 1 unspecified atom stereocenters. The number of hydrogen-bond donors (Lipinski definition) is 1. The first-order chi connectivity index (χ1) is 15.1. The average Bonchev–Trinajstić information content (AvgIpc) is 3.30. The fourth-order valence-electron chi connectivity index (χ4n) is 4.85. The molecule has 8 heteroatoms. The highest BCUT2D eigenvalue weighted by molar-refractivity contribution is 5.96. The van der Waals surface area contributed by atoms with Crippen LogP contribution in [0.1, 0.15) is 19.8 Å². The van der Waals surface area contributed by atoms with Crippen LogP contribution in [0.5, 0.6) is 0 Å². The lowest BCUT2D eigenvalue weighted by Crippen LogP contribution is -2.54. The molecule has 3 heterocycles. The molecule has 0 aromatic heterocycles. The van der Waals surface area contributed by atoms with Gasteiger partial charge in [0.2, 0.25) is 5.91 Å². The van der Waals surface area contributed by atoms with E-state index in [2.05, 4.69) is 40.1 Å². The summed E-state index contributed by atoms with van der Waals surface area (Å²) in [4.78, 5) is 37.0. The molecule has 0 radical (unpaired) electrons. The van der Waals surface area contributed by atoms with E-state index in [-0.39, 0.29) is 18.0 Å². The van der Waals surface area contributed by atoms with Gasteiger partial charge in [0, 0.05) is 58.9 Å². The summed E-state index contributed by atoms with van der Waals surface area (Å²) in [6.45, 7) is 11.1. The van der Waals surface area contributed by atoms with Gasteiger partial charge in [-0.15, -0.1) is 0 Å². The normalized spacial score (nSPS) is 23.3. The van der Waals surface area contributed by atoms with Gasteiger partial charge in [-0.25, -0.2) is 4.79 Å². The number of benzene rings is 1. The van der Waals surface area contributed by atoms with Crippen molar-refractivity contribution in [3.05, 3.63) is 24.3 Å². The first-order valence-electron chi connectivity index (χ1n) is 11.7. The van der Waals surface area contributed by atoms with Crippen molar-refractivity contribution in [2.45, 2.75) is 25.8 Å². The van der Waals surface area contributed by atoms with Crippen LogP contribution in [-0.2, 0) is 4.79 Å². The van der Waals surface area contributed by atoms with E-state index >= 15 is 0 Å². The van der Waals surface area contributed by atoms with Crippen molar-refractivity contribution < 1.29 is 9.59 Å². The summed E-state index contributed by atoms with van der Waals surface area (Å²) in [6.07, 6.45) is 1.62. The third kappa shape index (κ3) is 4.96. The van der Waals surface area contributed by atoms with Crippen molar-refractivity contribution >= 4 is 23.3 Å². The summed E-state index contributed by atoms with van der Waals surface area (Å²) < 4.78 is 0. The van der Waals surface area contributed by atoms with Crippen LogP contribution >= 0.6 is 0 Å². The topological polar surface area (TPSA) is 62.4 Å². The van der Waals surface area contributed by atoms with Gasteiger partial charge in [0.25, 0.3) is 0 Å². The second-order valence-electron chi connectivity index (χ2n) is 8.85. The summed E-state index contributed by atoms with van der Waals surface area (Å²) in [6, 6.07) is 7.51. The number of rotatable bonds is 4. The van der Waals surface area contributed by atoms with Crippen LogP contribution in [0.4, 0.5) is 16.2 Å². The summed E-state index contributed by atoms with van der Waals surface area (Å²) in [5, 5.41) is 3.12. The Kier molecular flexibility index (Phi) is 6.97. The van der Waals surface area contributed by atoms with Gasteiger partial charge < -0.3 is 29.8 Å². The highest BCUT2D eigenvalue weighted by atomic mass is 16.2. The molecule has 0 aliphatic carbocycles. The average molecular weight is 429 g/mol. The first-order valence-corrected chi connectivity index (χ1v) is 11.7. The van der Waals surface area contributed by atoms with Crippen LogP contribution in [0.3, 0.4) is 0 Å². The molecule has 31 heavy (non-hydrogen) atoms. The summed E-state index contributed by atoms with van der Waals surface area (Å²) >= 11 is 0. The molecule has 0 spiro atoms. The number of para-hydroxylation sites is 2. The summed E-state index contributed by atoms with van der Waals surface area (Å²) in [7, 11) is 2.08. The minimum Gasteiger partial charge on any atom is -0.367 e. The van der Waals surface area contributed by atoms with Crippen molar-refractivity contribution in [3.8, 4) is 0 Å². The molecule has 0 saturated carbocycles. The molecule has 3 aliphatic rings. The van der Waals surface area contributed by atoms with E-state index in [9.17, 15) is 9.59 Å². The molecule has 1 N–H and O–H groups in total. The van der Waals surface area contributed by atoms with Crippen molar-refractivity contribution in [1.82, 2.24) is 19.6 Å². The molecule has 3 saturated heterocycles. The van der Waals surface area contributed by atoms with Gasteiger partial charge >= 0.3 is 6.03 Å². The van der Waals surface area contributed by atoms with Gasteiger partial charge in [-0.1, -0.05) is 19.1 Å². The molecule has 3 aliphatic heterocycles. The number of nitrogens with one attached hydrogen (secondary N) is 1. The molecule has 3 fully saturated rings. The maximum Gasteiger partial charge on any atom is 0.322 e. The summed E-state index contributed by atoms with van der Waals surface area (Å²) in [5.74, 6) is 0.102. The Bertz CT molecular complexity index is 771. The Morgan fingerprint density at radius 2 is 1.68 bits per heavy atom. The number of carbonyl (C=O) groups excluding carboxylic acids is 2. The Balaban J connectivity index is 1.41. The lowest BCUT2D eigenvalue weighted by Gasteiger charge is -2.37. The van der Waals surface area contributed by atoms with E-state index in [1.54, 1.807) is 4.90 Å². The van der Waals surface area contributed by atoms with Crippen molar-refractivity contribution in [2.75, 3.05) is 82.7 Å².